The Hall–Kier alpha value is -1.24. The standard InChI is InChI=1S/C28H46F2N4O/c29-28(30)12-14-33(15-13-28)27(35)25-16-22-10-11-23(26(31)32)17-24(22)34(25)18-19-6-8-21(9-7-19)20-4-2-1-3-5-20/h19-25H,1-18H2,(H3,31,32). The fourth-order valence-electron chi connectivity index (χ4n) is 8.34. The molecule has 2 aliphatic heterocycles. The Labute approximate surface area is 210 Å². The predicted octanol–water partition coefficient (Wildman–Crippen LogP) is 5.43. The molecule has 0 aromatic heterocycles. The van der Waals surface area contributed by atoms with E-state index in [1.165, 1.54) is 57.8 Å². The Morgan fingerprint density at radius 2 is 1.49 bits per heavy atom. The van der Waals surface area contributed by atoms with Gasteiger partial charge in [0.25, 0.3) is 5.92 Å². The minimum absolute atomic E-state index is 0.0742. The number of amides is 1. The third-order valence-corrected chi connectivity index (χ3v) is 10.5. The van der Waals surface area contributed by atoms with Gasteiger partial charge in [0.2, 0.25) is 5.91 Å². The first kappa shape index (κ1) is 25.4. The molecule has 35 heavy (non-hydrogen) atoms. The van der Waals surface area contributed by atoms with Crippen LogP contribution < -0.4 is 5.73 Å². The fourth-order valence-corrected chi connectivity index (χ4v) is 8.34. The van der Waals surface area contributed by atoms with E-state index >= 15 is 0 Å². The van der Waals surface area contributed by atoms with Crippen LogP contribution in [0.15, 0.2) is 0 Å². The fraction of sp³-hybridized carbons (Fsp3) is 0.929. The van der Waals surface area contributed by atoms with Crippen molar-refractivity contribution in [1.29, 1.82) is 5.41 Å². The number of carbonyl (C=O) groups is 1. The molecule has 7 heteroatoms. The van der Waals surface area contributed by atoms with Crippen LogP contribution in [0.2, 0.25) is 0 Å². The number of rotatable bonds is 5. The quantitative estimate of drug-likeness (QED) is 0.397. The first-order chi connectivity index (χ1) is 16.8. The van der Waals surface area contributed by atoms with E-state index in [4.69, 9.17) is 11.1 Å². The number of amidine groups is 1. The molecule has 3 aliphatic carbocycles. The first-order valence-electron chi connectivity index (χ1n) is 14.6. The van der Waals surface area contributed by atoms with Crippen LogP contribution in [0.25, 0.3) is 0 Å². The van der Waals surface area contributed by atoms with Gasteiger partial charge < -0.3 is 10.6 Å². The van der Waals surface area contributed by atoms with Crippen molar-refractivity contribution < 1.29 is 13.6 Å². The zero-order chi connectivity index (χ0) is 24.6. The topological polar surface area (TPSA) is 73.4 Å². The molecule has 0 aromatic rings. The van der Waals surface area contributed by atoms with Gasteiger partial charge in [-0.3, -0.25) is 15.1 Å². The van der Waals surface area contributed by atoms with Gasteiger partial charge in [0.05, 0.1) is 11.9 Å². The molecule has 2 heterocycles. The summed E-state index contributed by atoms with van der Waals surface area (Å²) in [5, 5.41) is 8.02. The summed E-state index contributed by atoms with van der Waals surface area (Å²) < 4.78 is 27.5. The van der Waals surface area contributed by atoms with Crippen molar-refractivity contribution >= 4 is 11.7 Å². The minimum atomic E-state index is -2.63. The molecular formula is C28H46F2N4O. The van der Waals surface area contributed by atoms with Gasteiger partial charge in [-0.15, -0.1) is 0 Å². The maximum Gasteiger partial charge on any atom is 0.251 e. The molecule has 0 bridgehead atoms. The summed E-state index contributed by atoms with van der Waals surface area (Å²) in [7, 11) is 0. The highest BCUT2D eigenvalue weighted by Crippen LogP contribution is 2.45. The van der Waals surface area contributed by atoms with Crippen molar-refractivity contribution in [3.8, 4) is 0 Å². The molecule has 0 spiro atoms. The van der Waals surface area contributed by atoms with Gasteiger partial charge in [0.1, 0.15) is 0 Å². The number of hydrogen-bond acceptors (Lipinski definition) is 3. The summed E-state index contributed by atoms with van der Waals surface area (Å²) in [6.45, 7) is 1.30. The van der Waals surface area contributed by atoms with Gasteiger partial charge in [0, 0.05) is 44.4 Å². The highest BCUT2D eigenvalue weighted by atomic mass is 19.3. The average Bonchev–Trinajstić information content (AvgIpc) is 3.22. The van der Waals surface area contributed by atoms with Crippen LogP contribution in [0.5, 0.6) is 0 Å². The van der Waals surface area contributed by atoms with Crippen LogP contribution in [-0.4, -0.2) is 59.2 Å². The van der Waals surface area contributed by atoms with E-state index in [0.29, 0.717) is 17.9 Å². The molecule has 5 nitrogen and oxygen atoms in total. The number of fused-ring (bicyclic) bond motifs is 1. The highest BCUT2D eigenvalue weighted by Gasteiger charge is 2.49. The Morgan fingerprint density at radius 1 is 0.857 bits per heavy atom. The van der Waals surface area contributed by atoms with Crippen molar-refractivity contribution in [1.82, 2.24) is 9.80 Å². The summed E-state index contributed by atoms with van der Waals surface area (Å²) >= 11 is 0. The summed E-state index contributed by atoms with van der Waals surface area (Å²) in [5.41, 5.74) is 5.92. The lowest BCUT2D eigenvalue weighted by molar-refractivity contribution is -0.142. The maximum absolute atomic E-state index is 13.8. The Bertz CT molecular complexity index is 752. The summed E-state index contributed by atoms with van der Waals surface area (Å²) in [5.74, 6) is 0.741. The molecular weight excluding hydrogens is 446 g/mol. The second kappa shape index (κ2) is 10.6. The number of nitrogens with one attached hydrogen (secondary N) is 1. The summed E-state index contributed by atoms with van der Waals surface area (Å²) in [6, 6.07) is 0.118. The molecule has 0 aromatic carbocycles. The van der Waals surface area contributed by atoms with E-state index in [1.807, 2.05) is 0 Å². The smallest absolute Gasteiger partial charge is 0.251 e. The van der Waals surface area contributed by atoms with Gasteiger partial charge >= 0.3 is 0 Å². The molecule has 2 saturated heterocycles. The van der Waals surface area contributed by atoms with E-state index in [2.05, 4.69) is 4.90 Å². The van der Waals surface area contributed by atoms with E-state index in [1.54, 1.807) is 4.90 Å². The van der Waals surface area contributed by atoms with Crippen LogP contribution in [0.4, 0.5) is 8.78 Å². The average molecular weight is 493 g/mol. The minimum Gasteiger partial charge on any atom is -0.387 e. The number of carbonyl (C=O) groups excluding carboxylic acids is 1. The predicted molar refractivity (Wildman–Crippen MR) is 134 cm³/mol. The van der Waals surface area contributed by atoms with E-state index in [9.17, 15) is 13.6 Å². The molecule has 3 N–H and O–H groups in total. The zero-order valence-corrected chi connectivity index (χ0v) is 21.4. The molecule has 198 valence electrons. The van der Waals surface area contributed by atoms with Crippen LogP contribution >= 0.6 is 0 Å². The second-order valence-electron chi connectivity index (χ2n) is 12.6. The number of piperidine rings is 1. The van der Waals surface area contributed by atoms with Gasteiger partial charge in [-0.1, -0.05) is 32.1 Å². The van der Waals surface area contributed by atoms with E-state index in [0.717, 1.165) is 44.1 Å². The number of nitrogens with two attached hydrogens (primary N) is 1. The Kier molecular flexibility index (Phi) is 7.72. The zero-order valence-electron chi connectivity index (χ0n) is 21.4. The lowest BCUT2D eigenvalue weighted by Crippen LogP contribution is -2.53. The normalized spacial score (nSPS) is 38.7. The molecule has 5 fully saturated rings. The van der Waals surface area contributed by atoms with Crippen molar-refractivity contribution in [3.63, 3.8) is 0 Å². The summed E-state index contributed by atoms with van der Waals surface area (Å²) in [6.07, 6.45) is 15.5. The summed E-state index contributed by atoms with van der Waals surface area (Å²) in [4.78, 5) is 17.8. The molecule has 0 radical (unpaired) electrons. The Balaban J connectivity index is 1.25. The lowest BCUT2D eigenvalue weighted by Gasteiger charge is -2.42. The molecule has 3 saturated carbocycles. The monoisotopic (exact) mass is 492 g/mol. The van der Waals surface area contributed by atoms with Crippen LogP contribution in [0.1, 0.15) is 96.3 Å². The molecule has 4 atom stereocenters. The largest absolute Gasteiger partial charge is 0.387 e. The van der Waals surface area contributed by atoms with Crippen LogP contribution in [0, 0.1) is 35.0 Å². The third-order valence-electron chi connectivity index (χ3n) is 10.5. The van der Waals surface area contributed by atoms with Crippen LogP contribution in [-0.2, 0) is 4.79 Å². The lowest BCUT2D eigenvalue weighted by atomic mass is 9.71. The highest BCUT2D eigenvalue weighted by molar-refractivity contribution is 5.83. The number of nitrogens with zero attached hydrogens (tertiary/aromatic N) is 2. The van der Waals surface area contributed by atoms with Crippen LogP contribution in [0.3, 0.4) is 0 Å². The molecule has 4 unspecified atom stereocenters. The van der Waals surface area contributed by atoms with Crippen molar-refractivity contribution in [2.45, 2.75) is 114 Å². The third kappa shape index (κ3) is 5.70. The number of likely N-dealkylation sites (tertiary alicyclic amines) is 2. The van der Waals surface area contributed by atoms with Crippen molar-refractivity contribution in [2.24, 2.45) is 35.3 Å². The van der Waals surface area contributed by atoms with Gasteiger partial charge in [0.15, 0.2) is 0 Å². The molecule has 1 amide bonds. The van der Waals surface area contributed by atoms with E-state index in [-0.39, 0.29) is 49.6 Å². The van der Waals surface area contributed by atoms with Crippen molar-refractivity contribution in [2.75, 3.05) is 19.6 Å². The van der Waals surface area contributed by atoms with Crippen molar-refractivity contribution in [3.05, 3.63) is 0 Å². The SMILES string of the molecule is N=C(N)C1CCC2CC(C(=O)N3CCC(F)(F)CC3)N(CC3CCC(C4CCCCC4)CC3)C2C1. The number of halogens is 2. The first-order valence-corrected chi connectivity index (χ1v) is 14.6. The Morgan fingerprint density at radius 3 is 2.14 bits per heavy atom. The van der Waals surface area contributed by atoms with Gasteiger partial charge in [-0.25, -0.2) is 8.78 Å². The molecule has 5 rings (SSSR count). The van der Waals surface area contributed by atoms with E-state index < -0.39 is 5.92 Å². The van der Waals surface area contributed by atoms with Gasteiger partial charge in [-0.2, -0.15) is 0 Å². The maximum atomic E-state index is 13.8. The molecule has 5 aliphatic rings. The van der Waals surface area contributed by atoms with Gasteiger partial charge in [-0.05, 0) is 75.0 Å². The second-order valence-corrected chi connectivity index (χ2v) is 12.6. The number of alkyl halides is 2. The number of hydrogen-bond donors (Lipinski definition) is 2.